The van der Waals surface area contributed by atoms with Crippen molar-refractivity contribution in [2.24, 2.45) is 11.3 Å². The van der Waals surface area contributed by atoms with Gasteiger partial charge in [-0.15, -0.1) is 0 Å². The molecule has 0 aromatic rings. The zero-order valence-electron chi connectivity index (χ0n) is 12.1. The van der Waals surface area contributed by atoms with E-state index in [1.165, 1.54) is 0 Å². The van der Waals surface area contributed by atoms with E-state index in [9.17, 15) is 9.90 Å². The molecule has 0 bridgehead atoms. The van der Waals surface area contributed by atoms with E-state index in [0.29, 0.717) is 12.5 Å². The average Bonchev–Trinajstić information content (AvgIpc) is 2.18. The molecule has 18 heavy (non-hydrogen) atoms. The van der Waals surface area contributed by atoms with Crippen molar-refractivity contribution in [2.75, 3.05) is 13.2 Å². The van der Waals surface area contributed by atoms with Crippen LogP contribution in [0.1, 0.15) is 53.4 Å². The van der Waals surface area contributed by atoms with Crippen LogP contribution >= 0.6 is 0 Å². The van der Waals surface area contributed by atoms with Gasteiger partial charge in [0.15, 0.2) is 0 Å². The smallest absolute Gasteiger partial charge is 0.407 e. The van der Waals surface area contributed by atoms with E-state index in [4.69, 9.17) is 4.74 Å². The molecule has 0 saturated heterocycles. The van der Waals surface area contributed by atoms with Crippen molar-refractivity contribution in [1.29, 1.82) is 0 Å². The fourth-order valence-electron chi connectivity index (χ4n) is 2.79. The molecule has 1 aliphatic rings. The number of nitrogens with one attached hydrogen (secondary N) is 1. The predicted octanol–water partition coefficient (Wildman–Crippen LogP) is 2.70. The van der Waals surface area contributed by atoms with Gasteiger partial charge < -0.3 is 15.2 Å². The molecule has 0 aromatic carbocycles. The lowest BCUT2D eigenvalue weighted by atomic mass is 9.60. The van der Waals surface area contributed by atoms with Crippen LogP contribution in [0.4, 0.5) is 4.79 Å². The Hall–Kier alpha value is -0.770. The third-order valence-electron chi connectivity index (χ3n) is 3.49. The van der Waals surface area contributed by atoms with Crippen LogP contribution < -0.4 is 5.32 Å². The summed E-state index contributed by atoms with van der Waals surface area (Å²) in [6.07, 6.45) is 3.85. The van der Waals surface area contributed by atoms with Crippen LogP contribution in [0.2, 0.25) is 0 Å². The Balaban J connectivity index is 2.22. The van der Waals surface area contributed by atoms with Crippen molar-refractivity contribution >= 4 is 6.09 Å². The number of alkyl carbamates (subject to hydrolysis) is 1. The van der Waals surface area contributed by atoms with E-state index in [1.807, 2.05) is 20.8 Å². The highest BCUT2D eigenvalue weighted by Gasteiger charge is 2.42. The number of carbonyl (C=O) groups is 1. The maximum absolute atomic E-state index is 11.5. The number of hydrogen-bond acceptors (Lipinski definition) is 3. The largest absolute Gasteiger partial charge is 0.444 e. The van der Waals surface area contributed by atoms with Gasteiger partial charge in [0.25, 0.3) is 0 Å². The molecule has 0 radical (unpaired) electrons. The summed E-state index contributed by atoms with van der Waals surface area (Å²) in [5.74, 6) is 0.483. The van der Waals surface area contributed by atoms with Crippen LogP contribution in [0.3, 0.4) is 0 Å². The van der Waals surface area contributed by atoms with Crippen LogP contribution in [0, 0.1) is 11.3 Å². The molecule has 0 heterocycles. The maximum Gasteiger partial charge on any atom is 0.407 e. The highest BCUT2D eigenvalue weighted by molar-refractivity contribution is 5.67. The minimum absolute atomic E-state index is 0.120. The minimum Gasteiger partial charge on any atom is -0.444 e. The lowest BCUT2D eigenvalue weighted by Gasteiger charge is -2.47. The highest BCUT2D eigenvalue weighted by atomic mass is 16.6. The van der Waals surface area contributed by atoms with E-state index >= 15 is 0 Å². The van der Waals surface area contributed by atoms with Gasteiger partial charge in [0, 0.05) is 13.2 Å². The Morgan fingerprint density at radius 3 is 2.50 bits per heavy atom. The second-order valence-corrected chi connectivity index (χ2v) is 6.57. The number of aliphatic hydroxyl groups is 1. The van der Waals surface area contributed by atoms with Crippen molar-refractivity contribution in [2.45, 2.75) is 59.0 Å². The molecule has 1 saturated carbocycles. The molecule has 4 nitrogen and oxygen atoms in total. The van der Waals surface area contributed by atoms with Gasteiger partial charge in [-0.05, 0) is 51.4 Å². The molecule has 0 aromatic heterocycles. The highest BCUT2D eigenvalue weighted by Crippen LogP contribution is 2.48. The number of ether oxygens (including phenoxy) is 1. The molecule has 0 spiro atoms. The van der Waals surface area contributed by atoms with Gasteiger partial charge in [0.1, 0.15) is 5.60 Å². The van der Waals surface area contributed by atoms with Gasteiger partial charge in [-0.1, -0.05) is 13.3 Å². The summed E-state index contributed by atoms with van der Waals surface area (Å²) in [6, 6.07) is 0. The van der Waals surface area contributed by atoms with E-state index in [1.54, 1.807) is 0 Å². The van der Waals surface area contributed by atoms with Crippen LogP contribution in [0.25, 0.3) is 0 Å². The summed E-state index contributed by atoms with van der Waals surface area (Å²) >= 11 is 0. The molecule has 1 rings (SSSR count). The summed E-state index contributed by atoms with van der Waals surface area (Å²) in [5, 5.41) is 12.2. The molecular formula is C14H27NO3. The molecule has 0 aliphatic heterocycles. The lowest BCUT2D eigenvalue weighted by Crippen LogP contribution is -2.46. The number of aliphatic hydroxyl groups excluding tert-OH is 1. The first kappa shape index (κ1) is 15.3. The molecule has 2 N–H and O–H groups in total. The van der Waals surface area contributed by atoms with E-state index in [-0.39, 0.29) is 18.1 Å². The summed E-state index contributed by atoms with van der Waals surface area (Å²) in [6.45, 7) is 8.63. The van der Waals surface area contributed by atoms with E-state index < -0.39 is 5.60 Å². The topological polar surface area (TPSA) is 58.6 Å². The van der Waals surface area contributed by atoms with E-state index in [0.717, 1.165) is 25.7 Å². The summed E-state index contributed by atoms with van der Waals surface area (Å²) in [5.41, 5.74) is -0.324. The standard InChI is InChI=1S/C14H27NO3/c1-5-6-14(10-16)7-11(8-14)9-15-12(17)18-13(2,3)4/h11,16H,5-10H2,1-4H3,(H,15,17). The van der Waals surface area contributed by atoms with Crippen molar-refractivity contribution in [3.05, 3.63) is 0 Å². The first-order chi connectivity index (χ1) is 8.30. The van der Waals surface area contributed by atoms with E-state index in [2.05, 4.69) is 12.2 Å². The SMILES string of the molecule is CCCC1(CO)CC(CNC(=O)OC(C)(C)C)C1. The molecule has 0 atom stereocenters. The molecule has 106 valence electrons. The second-order valence-electron chi connectivity index (χ2n) is 6.57. The number of carbonyl (C=O) groups excluding carboxylic acids is 1. The fraction of sp³-hybridized carbons (Fsp3) is 0.929. The van der Waals surface area contributed by atoms with Crippen molar-refractivity contribution in [3.63, 3.8) is 0 Å². The predicted molar refractivity (Wildman–Crippen MR) is 71.4 cm³/mol. The average molecular weight is 257 g/mol. The molecule has 0 unspecified atom stereocenters. The summed E-state index contributed by atoms with van der Waals surface area (Å²) in [7, 11) is 0. The lowest BCUT2D eigenvalue weighted by molar-refractivity contribution is -0.0144. The summed E-state index contributed by atoms with van der Waals surface area (Å²) < 4.78 is 5.18. The number of rotatable bonds is 5. The monoisotopic (exact) mass is 257 g/mol. The molecular weight excluding hydrogens is 230 g/mol. The Bertz CT molecular complexity index is 277. The van der Waals surface area contributed by atoms with Crippen molar-refractivity contribution in [1.82, 2.24) is 5.32 Å². The van der Waals surface area contributed by atoms with Crippen LogP contribution in [-0.4, -0.2) is 30.0 Å². The van der Waals surface area contributed by atoms with Crippen molar-refractivity contribution in [3.8, 4) is 0 Å². The van der Waals surface area contributed by atoms with Gasteiger partial charge in [0.05, 0.1) is 0 Å². The normalized spacial score (nSPS) is 27.5. The summed E-state index contributed by atoms with van der Waals surface area (Å²) in [4.78, 5) is 11.5. The third kappa shape index (κ3) is 4.48. The van der Waals surface area contributed by atoms with Gasteiger partial charge in [-0.2, -0.15) is 0 Å². The molecule has 1 fully saturated rings. The molecule has 4 heteroatoms. The Labute approximate surface area is 110 Å². The second kappa shape index (κ2) is 5.91. The first-order valence-corrected chi connectivity index (χ1v) is 6.88. The fourth-order valence-corrected chi connectivity index (χ4v) is 2.79. The third-order valence-corrected chi connectivity index (χ3v) is 3.49. The minimum atomic E-state index is -0.444. The molecule has 1 amide bonds. The Kier molecular flexibility index (Phi) is 5.02. The van der Waals surface area contributed by atoms with Gasteiger partial charge in [-0.25, -0.2) is 4.79 Å². The van der Waals surface area contributed by atoms with Gasteiger partial charge in [0.2, 0.25) is 0 Å². The van der Waals surface area contributed by atoms with Gasteiger partial charge in [-0.3, -0.25) is 0 Å². The number of amides is 1. The van der Waals surface area contributed by atoms with Crippen LogP contribution in [0.15, 0.2) is 0 Å². The first-order valence-electron chi connectivity index (χ1n) is 6.88. The Morgan fingerprint density at radius 2 is 2.06 bits per heavy atom. The van der Waals surface area contributed by atoms with Gasteiger partial charge >= 0.3 is 6.09 Å². The maximum atomic E-state index is 11.5. The molecule has 1 aliphatic carbocycles. The number of hydrogen-bond donors (Lipinski definition) is 2. The quantitative estimate of drug-likeness (QED) is 0.796. The Morgan fingerprint density at radius 1 is 1.44 bits per heavy atom. The zero-order valence-corrected chi connectivity index (χ0v) is 12.1. The van der Waals surface area contributed by atoms with Crippen LogP contribution in [0.5, 0.6) is 0 Å². The van der Waals surface area contributed by atoms with Crippen LogP contribution in [-0.2, 0) is 4.74 Å². The zero-order chi connectivity index (χ0) is 13.8. The van der Waals surface area contributed by atoms with Crippen molar-refractivity contribution < 1.29 is 14.6 Å².